The maximum absolute atomic E-state index is 13.5. The Bertz CT molecular complexity index is 986. The molecule has 2 amide bonds. The molecule has 166 valence electrons. The number of carbonyl (C=O) groups excluding carboxylic acids is 2. The minimum Gasteiger partial charge on any atom is -0.376 e. The fourth-order valence-electron chi connectivity index (χ4n) is 3.91. The van der Waals surface area contributed by atoms with E-state index in [4.69, 9.17) is 4.74 Å². The van der Waals surface area contributed by atoms with E-state index in [9.17, 15) is 9.59 Å². The molecule has 2 aromatic carbocycles. The van der Waals surface area contributed by atoms with E-state index in [1.807, 2.05) is 70.9 Å². The molecule has 2 heterocycles. The van der Waals surface area contributed by atoms with Gasteiger partial charge in [-0.1, -0.05) is 54.6 Å². The quantitative estimate of drug-likeness (QED) is 0.481. The molecule has 0 saturated carbocycles. The van der Waals surface area contributed by atoms with Gasteiger partial charge in [0.05, 0.1) is 12.6 Å². The van der Waals surface area contributed by atoms with Crippen molar-refractivity contribution in [2.45, 2.75) is 32.0 Å². The highest BCUT2D eigenvalue weighted by Gasteiger charge is 2.27. The molecule has 3 aromatic rings. The molecule has 1 aliphatic rings. The number of amides is 2. The van der Waals surface area contributed by atoms with Gasteiger partial charge >= 0.3 is 0 Å². The molecule has 0 bridgehead atoms. The van der Waals surface area contributed by atoms with Crippen molar-refractivity contribution in [3.63, 3.8) is 0 Å². The topological polar surface area (TPSA) is 49.9 Å². The summed E-state index contributed by atoms with van der Waals surface area (Å²) in [5.74, 6) is -0.199. The van der Waals surface area contributed by atoms with Crippen LogP contribution in [0.2, 0.25) is 0 Å². The predicted octanol–water partition coefficient (Wildman–Crippen LogP) is 4.60. The standard InChI is InChI=1S/C26H28N2O3S/c29-25(27(19-24-14-8-16-32-24)17-21-9-3-1-4-10-21)20-28(18-23-13-7-15-31-23)26(30)22-11-5-2-6-12-22/h1-6,8-12,14,16,23H,7,13,15,17-20H2. The maximum atomic E-state index is 13.5. The average molecular weight is 449 g/mol. The molecule has 0 N–H and O–H groups in total. The zero-order valence-corrected chi connectivity index (χ0v) is 18.9. The van der Waals surface area contributed by atoms with Gasteiger partial charge in [0.15, 0.2) is 0 Å². The van der Waals surface area contributed by atoms with Crippen molar-refractivity contribution in [1.29, 1.82) is 0 Å². The lowest BCUT2D eigenvalue weighted by Gasteiger charge is -2.29. The van der Waals surface area contributed by atoms with E-state index >= 15 is 0 Å². The third-order valence-corrected chi connectivity index (χ3v) is 6.44. The molecule has 4 rings (SSSR count). The van der Waals surface area contributed by atoms with Gasteiger partial charge in [-0.3, -0.25) is 9.59 Å². The van der Waals surface area contributed by atoms with Crippen molar-refractivity contribution in [3.05, 3.63) is 94.2 Å². The summed E-state index contributed by atoms with van der Waals surface area (Å²) in [6.45, 7) is 2.21. The van der Waals surface area contributed by atoms with Crippen LogP contribution in [0.25, 0.3) is 0 Å². The Morgan fingerprint density at radius 3 is 2.31 bits per heavy atom. The van der Waals surface area contributed by atoms with Crippen molar-refractivity contribution in [2.24, 2.45) is 0 Å². The first-order valence-corrected chi connectivity index (χ1v) is 11.9. The molecule has 5 nitrogen and oxygen atoms in total. The third-order valence-electron chi connectivity index (χ3n) is 5.58. The van der Waals surface area contributed by atoms with Crippen molar-refractivity contribution in [1.82, 2.24) is 9.80 Å². The summed E-state index contributed by atoms with van der Waals surface area (Å²) in [4.78, 5) is 31.4. The fourth-order valence-corrected chi connectivity index (χ4v) is 4.63. The van der Waals surface area contributed by atoms with Crippen LogP contribution < -0.4 is 0 Å². The van der Waals surface area contributed by atoms with Gasteiger partial charge in [-0.05, 0) is 42.0 Å². The average Bonchev–Trinajstić information content (AvgIpc) is 3.53. The van der Waals surface area contributed by atoms with E-state index in [1.54, 1.807) is 28.4 Å². The summed E-state index contributed by atoms with van der Waals surface area (Å²) in [5.41, 5.74) is 1.66. The Morgan fingerprint density at radius 2 is 1.66 bits per heavy atom. The molecule has 0 radical (unpaired) electrons. The van der Waals surface area contributed by atoms with Crippen LogP contribution in [-0.4, -0.2) is 47.4 Å². The molecule has 1 saturated heterocycles. The number of nitrogens with zero attached hydrogens (tertiary/aromatic N) is 2. The van der Waals surface area contributed by atoms with Crippen LogP contribution in [0, 0.1) is 0 Å². The Morgan fingerprint density at radius 1 is 0.906 bits per heavy atom. The van der Waals surface area contributed by atoms with Crippen LogP contribution in [-0.2, 0) is 22.6 Å². The van der Waals surface area contributed by atoms with E-state index in [-0.39, 0.29) is 24.5 Å². The monoisotopic (exact) mass is 448 g/mol. The molecule has 0 aliphatic carbocycles. The van der Waals surface area contributed by atoms with Crippen LogP contribution in [0.15, 0.2) is 78.2 Å². The number of benzene rings is 2. The number of rotatable bonds is 9. The summed E-state index contributed by atoms with van der Waals surface area (Å²) in [5, 5.41) is 2.02. The van der Waals surface area contributed by atoms with Crippen LogP contribution in [0.1, 0.15) is 33.6 Å². The normalized spacial score (nSPS) is 15.4. The van der Waals surface area contributed by atoms with E-state index < -0.39 is 0 Å². The highest BCUT2D eigenvalue weighted by Crippen LogP contribution is 2.18. The Labute approximate surface area is 193 Å². The second kappa shape index (κ2) is 11.1. The number of hydrogen-bond acceptors (Lipinski definition) is 4. The molecule has 6 heteroatoms. The van der Waals surface area contributed by atoms with Gasteiger partial charge in [-0.2, -0.15) is 0 Å². The van der Waals surface area contributed by atoms with Gasteiger partial charge in [-0.15, -0.1) is 11.3 Å². The molecule has 1 aliphatic heterocycles. The number of carbonyl (C=O) groups is 2. The minimum absolute atomic E-state index is 0.0182. The van der Waals surface area contributed by atoms with Gasteiger partial charge in [0.1, 0.15) is 6.54 Å². The minimum atomic E-state index is -0.134. The second-order valence-electron chi connectivity index (χ2n) is 8.00. The Hall–Kier alpha value is -2.96. The zero-order valence-electron chi connectivity index (χ0n) is 18.1. The number of hydrogen-bond donors (Lipinski definition) is 0. The molecular weight excluding hydrogens is 420 g/mol. The lowest BCUT2D eigenvalue weighted by Crippen LogP contribution is -2.45. The molecule has 1 aromatic heterocycles. The van der Waals surface area contributed by atoms with Gasteiger partial charge < -0.3 is 14.5 Å². The van der Waals surface area contributed by atoms with E-state index in [0.717, 1.165) is 23.3 Å². The van der Waals surface area contributed by atoms with Crippen molar-refractivity contribution >= 4 is 23.2 Å². The van der Waals surface area contributed by atoms with E-state index in [1.165, 1.54) is 0 Å². The summed E-state index contributed by atoms with van der Waals surface area (Å²) in [6.07, 6.45) is 1.88. The number of ether oxygens (including phenoxy) is 1. The summed E-state index contributed by atoms with van der Waals surface area (Å²) < 4.78 is 5.78. The van der Waals surface area contributed by atoms with Crippen molar-refractivity contribution in [3.8, 4) is 0 Å². The van der Waals surface area contributed by atoms with Gasteiger partial charge in [0.2, 0.25) is 5.91 Å². The molecule has 32 heavy (non-hydrogen) atoms. The highest BCUT2D eigenvalue weighted by molar-refractivity contribution is 7.09. The fraction of sp³-hybridized carbons (Fsp3) is 0.308. The summed E-state index contributed by atoms with van der Waals surface area (Å²) >= 11 is 1.63. The van der Waals surface area contributed by atoms with Gasteiger partial charge in [0, 0.05) is 30.1 Å². The zero-order chi connectivity index (χ0) is 22.2. The first-order chi connectivity index (χ1) is 15.7. The first kappa shape index (κ1) is 22.2. The van der Waals surface area contributed by atoms with Crippen molar-refractivity contribution < 1.29 is 14.3 Å². The second-order valence-corrected chi connectivity index (χ2v) is 9.03. The molecule has 1 atom stereocenters. The lowest BCUT2D eigenvalue weighted by molar-refractivity contribution is -0.133. The molecule has 0 spiro atoms. The van der Waals surface area contributed by atoms with E-state index in [2.05, 4.69) is 0 Å². The highest BCUT2D eigenvalue weighted by atomic mass is 32.1. The van der Waals surface area contributed by atoms with E-state index in [0.29, 0.717) is 31.8 Å². The molecule has 1 fully saturated rings. The van der Waals surface area contributed by atoms with Crippen molar-refractivity contribution in [2.75, 3.05) is 19.7 Å². The van der Waals surface area contributed by atoms with Crippen LogP contribution in [0.3, 0.4) is 0 Å². The molecular formula is C26H28N2O3S. The predicted molar refractivity (Wildman–Crippen MR) is 126 cm³/mol. The Kier molecular flexibility index (Phi) is 7.69. The SMILES string of the molecule is O=C(CN(CC1CCCO1)C(=O)c1ccccc1)N(Cc1ccccc1)Cc1cccs1. The van der Waals surface area contributed by atoms with Crippen LogP contribution in [0.5, 0.6) is 0 Å². The smallest absolute Gasteiger partial charge is 0.254 e. The summed E-state index contributed by atoms with van der Waals surface area (Å²) in [7, 11) is 0. The third kappa shape index (κ3) is 6.05. The van der Waals surface area contributed by atoms with Gasteiger partial charge in [-0.25, -0.2) is 0 Å². The summed E-state index contributed by atoms with van der Waals surface area (Å²) in [6, 6.07) is 23.2. The van der Waals surface area contributed by atoms with Crippen LogP contribution in [0.4, 0.5) is 0 Å². The Balaban J connectivity index is 1.52. The largest absolute Gasteiger partial charge is 0.376 e. The van der Waals surface area contributed by atoms with Crippen LogP contribution >= 0.6 is 11.3 Å². The lowest BCUT2D eigenvalue weighted by atomic mass is 10.1. The van der Waals surface area contributed by atoms with Gasteiger partial charge in [0.25, 0.3) is 5.91 Å². The number of thiophene rings is 1. The maximum Gasteiger partial charge on any atom is 0.254 e. The molecule has 1 unspecified atom stereocenters. The first-order valence-electron chi connectivity index (χ1n) is 11.0.